The Morgan fingerprint density at radius 2 is 1.72 bits per heavy atom. The predicted octanol–water partition coefficient (Wildman–Crippen LogP) is 3.22. The molecule has 1 unspecified atom stereocenters. The third-order valence-electron chi connectivity index (χ3n) is 4.18. The molecule has 0 bridgehead atoms. The number of aromatic amines is 1. The first-order chi connectivity index (χ1) is 12.2. The summed E-state index contributed by atoms with van der Waals surface area (Å²) < 4.78 is 0. The summed E-state index contributed by atoms with van der Waals surface area (Å²) in [6.07, 6.45) is 3.49. The minimum absolute atomic E-state index is 0.306. The topological polar surface area (TPSA) is 90.9 Å². The van der Waals surface area contributed by atoms with Crippen LogP contribution in [-0.2, 0) is 11.2 Å². The zero-order valence-electron chi connectivity index (χ0n) is 13.3. The zero-order chi connectivity index (χ0) is 17.2. The smallest absolute Gasteiger partial charge is 0.326 e. The summed E-state index contributed by atoms with van der Waals surface area (Å²) in [5, 5.41) is 14.7. The van der Waals surface area contributed by atoms with Gasteiger partial charge in [0.2, 0.25) is 0 Å². The fraction of sp³-hybridized carbons (Fsp3) is 0.105. The first-order valence-electron chi connectivity index (χ1n) is 7.96. The molecule has 0 aliphatic rings. The molecule has 4 aromatic rings. The molecule has 0 amide bonds. The normalized spacial score (nSPS) is 12.3. The van der Waals surface area contributed by atoms with Gasteiger partial charge in [-0.1, -0.05) is 36.4 Å². The molecule has 6 heteroatoms. The summed E-state index contributed by atoms with van der Waals surface area (Å²) >= 11 is 0. The van der Waals surface area contributed by atoms with Gasteiger partial charge in [-0.05, 0) is 12.1 Å². The number of imidazole rings is 1. The van der Waals surface area contributed by atoms with E-state index < -0.39 is 12.0 Å². The molecule has 2 aromatic carbocycles. The number of anilines is 1. The van der Waals surface area contributed by atoms with Gasteiger partial charge in [0, 0.05) is 29.1 Å². The molecule has 2 heterocycles. The van der Waals surface area contributed by atoms with Crippen LogP contribution < -0.4 is 5.32 Å². The first-order valence-corrected chi connectivity index (χ1v) is 7.96. The van der Waals surface area contributed by atoms with Crippen LogP contribution in [0.5, 0.6) is 0 Å². The zero-order valence-corrected chi connectivity index (χ0v) is 13.3. The van der Waals surface area contributed by atoms with Crippen molar-refractivity contribution in [1.29, 1.82) is 0 Å². The predicted molar refractivity (Wildman–Crippen MR) is 96.6 cm³/mol. The highest BCUT2D eigenvalue weighted by molar-refractivity contribution is 6.08. The maximum Gasteiger partial charge on any atom is 0.326 e. The molecule has 0 fully saturated rings. The van der Waals surface area contributed by atoms with E-state index in [0.29, 0.717) is 6.42 Å². The summed E-state index contributed by atoms with van der Waals surface area (Å²) in [4.78, 5) is 23.4. The van der Waals surface area contributed by atoms with Crippen molar-refractivity contribution in [3.63, 3.8) is 0 Å². The Hall–Kier alpha value is -3.41. The second-order valence-corrected chi connectivity index (χ2v) is 5.84. The molecule has 2 aromatic heterocycles. The average molecular weight is 332 g/mol. The van der Waals surface area contributed by atoms with Crippen LogP contribution in [0.2, 0.25) is 0 Å². The average Bonchev–Trinajstić information content (AvgIpc) is 3.13. The van der Waals surface area contributed by atoms with Crippen LogP contribution in [0.3, 0.4) is 0 Å². The van der Waals surface area contributed by atoms with Crippen molar-refractivity contribution < 1.29 is 9.90 Å². The number of nitrogens with zero attached hydrogens (tertiary/aromatic N) is 2. The molecule has 0 aliphatic heterocycles. The quantitative estimate of drug-likeness (QED) is 0.488. The van der Waals surface area contributed by atoms with Crippen molar-refractivity contribution in [2.75, 3.05) is 5.32 Å². The SMILES string of the molecule is O=C(O)C(Cc1cnc[nH]1)Nc1c2ccccc2nc2ccccc12. The fourth-order valence-corrected chi connectivity index (χ4v) is 2.99. The first kappa shape index (κ1) is 15.1. The summed E-state index contributed by atoms with van der Waals surface area (Å²) in [5.41, 5.74) is 3.21. The molecule has 0 radical (unpaired) electrons. The molecule has 0 spiro atoms. The Bertz CT molecular complexity index is 990. The largest absolute Gasteiger partial charge is 0.480 e. The van der Waals surface area contributed by atoms with Gasteiger partial charge in [0.1, 0.15) is 6.04 Å². The molecule has 6 nitrogen and oxygen atoms in total. The van der Waals surface area contributed by atoms with Crippen LogP contribution in [-0.4, -0.2) is 32.1 Å². The standard InChI is InChI=1S/C19H16N4O2/c24-19(25)17(9-12-10-20-11-21-12)23-18-13-5-1-3-7-15(13)22-16-8-4-2-6-14(16)18/h1-8,10-11,17H,9H2,(H,20,21)(H,22,23)(H,24,25). The van der Waals surface area contributed by atoms with Crippen LogP contribution in [0.1, 0.15) is 5.69 Å². The van der Waals surface area contributed by atoms with Crippen molar-refractivity contribution >= 4 is 33.5 Å². The number of hydrogen-bond acceptors (Lipinski definition) is 4. The van der Waals surface area contributed by atoms with E-state index in [1.54, 1.807) is 12.5 Å². The van der Waals surface area contributed by atoms with E-state index in [2.05, 4.69) is 20.3 Å². The fourth-order valence-electron chi connectivity index (χ4n) is 2.99. The lowest BCUT2D eigenvalue weighted by Crippen LogP contribution is -2.31. The van der Waals surface area contributed by atoms with E-state index in [4.69, 9.17) is 0 Å². The van der Waals surface area contributed by atoms with Crippen molar-refractivity contribution in [1.82, 2.24) is 15.0 Å². The number of carboxylic acid groups (broad SMARTS) is 1. The monoisotopic (exact) mass is 332 g/mol. The number of H-pyrrole nitrogens is 1. The number of rotatable bonds is 5. The molecule has 25 heavy (non-hydrogen) atoms. The molecule has 0 saturated carbocycles. The van der Waals surface area contributed by atoms with Crippen LogP contribution in [0.4, 0.5) is 5.69 Å². The number of aliphatic carboxylic acids is 1. The van der Waals surface area contributed by atoms with Gasteiger partial charge in [-0.25, -0.2) is 14.8 Å². The van der Waals surface area contributed by atoms with Gasteiger partial charge in [0.05, 0.1) is 23.0 Å². The minimum Gasteiger partial charge on any atom is -0.480 e. The number of fused-ring (bicyclic) bond motifs is 2. The molecule has 4 rings (SSSR count). The third-order valence-corrected chi connectivity index (χ3v) is 4.18. The number of pyridine rings is 1. The Morgan fingerprint density at radius 3 is 2.28 bits per heavy atom. The number of benzene rings is 2. The Kier molecular flexibility index (Phi) is 3.78. The molecular formula is C19H16N4O2. The maximum atomic E-state index is 11.8. The molecule has 0 aliphatic carbocycles. The molecule has 3 N–H and O–H groups in total. The highest BCUT2D eigenvalue weighted by atomic mass is 16.4. The van der Waals surface area contributed by atoms with Gasteiger partial charge < -0.3 is 15.4 Å². The van der Waals surface area contributed by atoms with Crippen molar-refractivity contribution in [2.45, 2.75) is 12.5 Å². The van der Waals surface area contributed by atoms with E-state index in [1.165, 1.54) is 0 Å². The van der Waals surface area contributed by atoms with Crippen LogP contribution >= 0.6 is 0 Å². The lowest BCUT2D eigenvalue weighted by Gasteiger charge is -2.18. The second-order valence-electron chi connectivity index (χ2n) is 5.84. The van der Waals surface area contributed by atoms with Gasteiger partial charge in [-0.3, -0.25) is 0 Å². The lowest BCUT2D eigenvalue weighted by atomic mass is 10.1. The summed E-state index contributed by atoms with van der Waals surface area (Å²) in [5.74, 6) is -0.917. The second kappa shape index (κ2) is 6.24. The van der Waals surface area contributed by atoms with E-state index in [0.717, 1.165) is 33.2 Å². The van der Waals surface area contributed by atoms with Gasteiger partial charge in [-0.2, -0.15) is 0 Å². The maximum absolute atomic E-state index is 11.8. The van der Waals surface area contributed by atoms with Gasteiger partial charge in [0.25, 0.3) is 0 Å². The number of aromatic nitrogens is 3. The number of carbonyl (C=O) groups is 1. The Morgan fingerprint density at radius 1 is 1.08 bits per heavy atom. The third kappa shape index (κ3) is 2.89. The number of hydrogen-bond donors (Lipinski definition) is 3. The Balaban J connectivity index is 1.84. The van der Waals surface area contributed by atoms with Crippen LogP contribution in [0, 0.1) is 0 Å². The summed E-state index contributed by atoms with van der Waals surface area (Å²) in [7, 11) is 0. The number of carboxylic acids is 1. The van der Waals surface area contributed by atoms with E-state index in [1.807, 2.05) is 48.5 Å². The van der Waals surface area contributed by atoms with Crippen molar-refractivity contribution in [2.24, 2.45) is 0 Å². The van der Waals surface area contributed by atoms with Crippen molar-refractivity contribution in [3.8, 4) is 0 Å². The lowest BCUT2D eigenvalue weighted by molar-refractivity contribution is -0.137. The summed E-state index contributed by atoms with van der Waals surface area (Å²) in [6.45, 7) is 0. The highest BCUT2D eigenvalue weighted by Crippen LogP contribution is 2.31. The molecular weight excluding hydrogens is 316 g/mol. The summed E-state index contributed by atoms with van der Waals surface area (Å²) in [6, 6.07) is 14.7. The number of nitrogens with one attached hydrogen (secondary N) is 2. The Labute approximate surface area is 143 Å². The van der Waals surface area contributed by atoms with Crippen molar-refractivity contribution in [3.05, 3.63) is 66.7 Å². The van der Waals surface area contributed by atoms with Gasteiger partial charge in [-0.15, -0.1) is 0 Å². The molecule has 124 valence electrons. The van der Waals surface area contributed by atoms with E-state index in [-0.39, 0.29) is 0 Å². The van der Waals surface area contributed by atoms with Crippen LogP contribution in [0.25, 0.3) is 21.8 Å². The molecule has 1 atom stereocenters. The van der Waals surface area contributed by atoms with E-state index in [9.17, 15) is 9.90 Å². The van der Waals surface area contributed by atoms with Gasteiger partial charge >= 0.3 is 5.97 Å². The highest BCUT2D eigenvalue weighted by Gasteiger charge is 2.21. The van der Waals surface area contributed by atoms with E-state index >= 15 is 0 Å². The number of para-hydroxylation sites is 2. The molecule has 0 saturated heterocycles. The minimum atomic E-state index is -0.917. The van der Waals surface area contributed by atoms with Gasteiger partial charge in [0.15, 0.2) is 0 Å². The van der Waals surface area contributed by atoms with Crippen LogP contribution in [0.15, 0.2) is 61.1 Å².